The summed E-state index contributed by atoms with van der Waals surface area (Å²) in [6.45, 7) is 9.20. The zero-order valence-corrected chi connectivity index (χ0v) is 23.6. The number of aromatic nitrogens is 4. The van der Waals surface area contributed by atoms with E-state index in [1.54, 1.807) is 49.5 Å². The van der Waals surface area contributed by atoms with Crippen LogP contribution in [0.3, 0.4) is 0 Å². The Morgan fingerprint density at radius 1 is 1.12 bits per heavy atom. The molecule has 3 aromatic heterocycles. The Hall–Kier alpha value is -4.05. The predicted molar refractivity (Wildman–Crippen MR) is 153 cm³/mol. The number of anilines is 3. The van der Waals surface area contributed by atoms with Gasteiger partial charge in [-0.1, -0.05) is 19.9 Å². The third kappa shape index (κ3) is 4.46. The molecule has 2 atom stereocenters. The molecular weight excluding hydrogens is 506 g/mol. The summed E-state index contributed by atoms with van der Waals surface area (Å²) >= 11 is 0. The molecule has 3 aliphatic rings. The first kappa shape index (κ1) is 26.2. The Kier molecular flexibility index (Phi) is 6.25. The molecule has 3 aromatic rings. The predicted octanol–water partition coefficient (Wildman–Crippen LogP) is 3.44. The summed E-state index contributed by atoms with van der Waals surface area (Å²) in [4.78, 5) is 44.0. The first-order valence-corrected chi connectivity index (χ1v) is 13.7. The van der Waals surface area contributed by atoms with E-state index in [0.717, 1.165) is 30.8 Å². The highest BCUT2D eigenvalue weighted by Crippen LogP contribution is 2.49. The number of hydrogen-bond acceptors (Lipinski definition) is 8. The molecule has 2 unspecified atom stereocenters. The number of amides is 1. The number of rotatable bonds is 5. The van der Waals surface area contributed by atoms with Crippen LogP contribution in [0.2, 0.25) is 0 Å². The number of aliphatic hydroxyl groups is 1. The molecule has 208 valence electrons. The van der Waals surface area contributed by atoms with Crippen molar-refractivity contribution in [1.29, 1.82) is 0 Å². The molecule has 1 amide bonds. The van der Waals surface area contributed by atoms with Gasteiger partial charge in [-0.05, 0) is 49.8 Å². The second kappa shape index (κ2) is 9.55. The molecule has 1 aliphatic carbocycles. The second-order valence-electron chi connectivity index (χ2n) is 11.9. The number of aryl methyl sites for hydroxylation is 3. The summed E-state index contributed by atoms with van der Waals surface area (Å²) in [5.74, 6) is 1.90. The van der Waals surface area contributed by atoms with Crippen molar-refractivity contribution in [3.05, 3.63) is 69.8 Å². The molecule has 1 saturated carbocycles. The number of hydrogen-bond donors (Lipinski definition) is 2. The van der Waals surface area contributed by atoms with Crippen LogP contribution in [0, 0.1) is 25.2 Å². The van der Waals surface area contributed by atoms with E-state index in [1.165, 1.54) is 4.57 Å². The smallest absolute Gasteiger partial charge is 0.275 e. The highest BCUT2D eigenvalue weighted by molar-refractivity contribution is 6.06. The SMILES string of the molecule is Cc1cc(Nc2cc(-c3ccnc(N4CCN5C(=CC6CC(C)(C)CC65)C4=O)c3CO)cn(C)c2=O)nc(C)n1. The quantitative estimate of drug-likeness (QED) is 0.505. The maximum Gasteiger partial charge on any atom is 0.275 e. The molecule has 10 nitrogen and oxygen atoms in total. The zero-order chi connectivity index (χ0) is 28.3. The molecule has 40 heavy (non-hydrogen) atoms. The lowest BCUT2D eigenvalue weighted by atomic mass is 9.90. The van der Waals surface area contributed by atoms with Crippen molar-refractivity contribution >= 4 is 23.2 Å². The summed E-state index contributed by atoms with van der Waals surface area (Å²) in [5.41, 5.74) is 3.91. The molecule has 0 bridgehead atoms. The average Bonchev–Trinajstić information content (AvgIpc) is 3.38. The van der Waals surface area contributed by atoms with Crippen LogP contribution in [0.4, 0.5) is 17.3 Å². The normalized spacial score (nSPS) is 21.4. The third-order valence-corrected chi connectivity index (χ3v) is 8.32. The van der Waals surface area contributed by atoms with Crippen LogP contribution < -0.4 is 15.8 Å². The summed E-state index contributed by atoms with van der Waals surface area (Å²) in [6, 6.07) is 5.71. The van der Waals surface area contributed by atoms with Gasteiger partial charge in [-0.2, -0.15) is 0 Å². The molecule has 2 aliphatic heterocycles. The minimum Gasteiger partial charge on any atom is -0.392 e. The van der Waals surface area contributed by atoms with Gasteiger partial charge in [-0.3, -0.25) is 14.5 Å². The number of fused-ring (bicyclic) bond motifs is 3. The molecule has 2 fully saturated rings. The van der Waals surface area contributed by atoms with Gasteiger partial charge in [0.05, 0.1) is 12.3 Å². The van der Waals surface area contributed by atoms with Crippen molar-refractivity contribution < 1.29 is 9.90 Å². The van der Waals surface area contributed by atoms with E-state index < -0.39 is 0 Å². The standard InChI is InChI=1S/C30H35N7O3/c1-17-10-26(33-18(2)32-17)34-23-11-20(15-35(5)28(23)39)21-6-7-31-27(22(21)16-38)37-9-8-36-24(29(37)40)12-19-13-30(3,4)14-25(19)36/h6-7,10-12,15,19,25,38H,8-9,13-14,16H2,1-5H3,(H,32,33,34). The van der Waals surface area contributed by atoms with E-state index in [9.17, 15) is 14.7 Å². The molecule has 1 saturated heterocycles. The van der Waals surface area contributed by atoms with Crippen LogP contribution in [0.5, 0.6) is 0 Å². The summed E-state index contributed by atoms with van der Waals surface area (Å²) in [7, 11) is 1.68. The van der Waals surface area contributed by atoms with Crippen molar-refractivity contribution in [3.63, 3.8) is 0 Å². The van der Waals surface area contributed by atoms with Crippen molar-refractivity contribution in [2.75, 3.05) is 23.3 Å². The Morgan fingerprint density at radius 2 is 1.93 bits per heavy atom. The molecule has 2 N–H and O–H groups in total. The Balaban J connectivity index is 1.35. The average molecular weight is 542 g/mol. The highest BCUT2D eigenvalue weighted by Gasteiger charge is 2.49. The van der Waals surface area contributed by atoms with Gasteiger partial charge in [-0.15, -0.1) is 0 Å². The van der Waals surface area contributed by atoms with Crippen LogP contribution in [0.1, 0.15) is 43.8 Å². The van der Waals surface area contributed by atoms with E-state index in [0.29, 0.717) is 58.3 Å². The lowest BCUT2D eigenvalue weighted by Gasteiger charge is -2.38. The summed E-state index contributed by atoms with van der Waals surface area (Å²) in [6.07, 6.45) is 7.69. The Morgan fingerprint density at radius 3 is 2.67 bits per heavy atom. The van der Waals surface area contributed by atoms with Crippen LogP contribution >= 0.6 is 0 Å². The molecule has 0 radical (unpaired) electrons. The van der Waals surface area contributed by atoms with Crippen molar-refractivity contribution in [2.24, 2.45) is 18.4 Å². The first-order valence-electron chi connectivity index (χ1n) is 13.7. The fourth-order valence-electron chi connectivity index (χ4n) is 6.70. The maximum absolute atomic E-state index is 13.8. The molecule has 5 heterocycles. The van der Waals surface area contributed by atoms with Gasteiger partial charge in [0.15, 0.2) is 0 Å². The van der Waals surface area contributed by atoms with E-state index in [4.69, 9.17) is 0 Å². The summed E-state index contributed by atoms with van der Waals surface area (Å²) < 4.78 is 1.49. The maximum atomic E-state index is 13.8. The van der Waals surface area contributed by atoms with E-state index in [-0.39, 0.29) is 23.5 Å². The van der Waals surface area contributed by atoms with Crippen molar-refractivity contribution in [2.45, 2.75) is 53.2 Å². The third-order valence-electron chi connectivity index (χ3n) is 8.32. The monoisotopic (exact) mass is 541 g/mol. The van der Waals surface area contributed by atoms with E-state index in [2.05, 4.69) is 45.1 Å². The van der Waals surface area contributed by atoms with Gasteiger partial charge >= 0.3 is 0 Å². The van der Waals surface area contributed by atoms with Gasteiger partial charge in [0, 0.05) is 67.4 Å². The number of carbonyl (C=O) groups is 1. The van der Waals surface area contributed by atoms with Gasteiger partial charge < -0.3 is 19.9 Å². The van der Waals surface area contributed by atoms with Crippen molar-refractivity contribution in [1.82, 2.24) is 24.4 Å². The molecule has 10 heteroatoms. The largest absolute Gasteiger partial charge is 0.392 e. The highest BCUT2D eigenvalue weighted by atomic mass is 16.3. The molecule has 0 aromatic carbocycles. The van der Waals surface area contributed by atoms with E-state index in [1.807, 2.05) is 6.92 Å². The van der Waals surface area contributed by atoms with Crippen LogP contribution in [0.15, 0.2) is 47.2 Å². The molecule has 0 spiro atoms. The first-order chi connectivity index (χ1) is 19.0. The number of piperazine rings is 1. The molecular formula is C30H35N7O3. The Bertz CT molecular complexity index is 1590. The number of nitrogens with one attached hydrogen (secondary N) is 1. The van der Waals surface area contributed by atoms with Gasteiger partial charge in [0.2, 0.25) is 0 Å². The fraction of sp³-hybridized carbons (Fsp3) is 0.433. The Labute approximate surface area is 233 Å². The summed E-state index contributed by atoms with van der Waals surface area (Å²) in [5, 5.41) is 13.7. The lowest BCUT2D eigenvalue weighted by Crippen LogP contribution is -2.50. The lowest BCUT2D eigenvalue weighted by molar-refractivity contribution is -0.118. The van der Waals surface area contributed by atoms with Crippen LogP contribution in [0.25, 0.3) is 11.1 Å². The van der Waals surface area contributed by atoms with Gasteiger partial charge in [-0.25, -0.2) is 15.0 Å². The molecule has 6 rings (SSSR count). The topological polar surface area (TPSA) is 116 Å². The number of carbonyl (C=O) groups excluding carboxylic acids is 1. The second-order valence-corrected chi connectivity index (χ2v) is 11.9. The zero-order valence-electron chi connectivity index (χ0n) is 23.6. The number of nitrogens with zero attached hydrogens (tertiary/aromatic N) is 6. The number of pyridine rings is 2. The minimum absolute atomic E-state index is 0.0740. The fourth-order valence-corrected chi connectivity index (χ4v) is 6.70. The van der Waals surface area contributed by atoms with Crippen molar-refractivity contribution in [3.8, 4) is 11.1 Å². The van der Waals surface area contributed by atoms with Gasteiger partial charge in [0.1, 0.15) is 23.1 Å². The van der Waals surface area contributed by atoms with E-state index >= 15 is 0 Å². The minimum atomic E-state index is -0.305. The van der Waals surface area contributed by atoms with Crippen LogP contribution in [-0.4, -0.2) is 54.6 Å². The number of aliphatic hydroxyl groups excluding tert-OH is 1. The van der Waals surface area contributed by atoms with Crippen LogP contribution in [-0.2, 0) is 18.4 Å². The van der Waals surface area contributed by atoms with Gasteiger partial charge in [0.25, 0.3) is 11.5 Å².